The molecular weight excluding hydrogens is 344 g/mol. The third-order valence-corrected chi connectivity index (χ3v) is 4.51. The summed E-state index contributed by atoms with van der Waals surface area (Å²) in [7, 11) is 0. The van der Waals surface area contributed by atoms with Crippen LogP contribution in [0.1, 0.15) is 5.56 Å². The second-order valence-corrected chi connectivity index (χ2v) is 6.12. The molecule has 27 heavy (non-hydrogen) atoms. The van der Waals surface area contributed by atoms with Crippen LogP contribution < -0.4 is 11.2 Å². The molecule has 0 amide bonds. The van der Waals surface area contributed by atoms with Gasteiger partial charge in [0, 0.05) is 11.1 Å². The molecule has 0 fully saturated rings. The van der Waals surface area contributed by atoms with Crippen LogP contribution in [0.2, 0.25) is 0 Å². The number of benzene rings is 2. The van der Waals surface area contributed by atoms with E-state index in [1.54, 1.807) is 35.0 Å². The third kappa shape index (κ3) is 2.22. The average Bonchev–Trinajstić information content (AvgIpc) is 3.14. The summed E-state index contributed by atoms with van der Waals surface area (Å²) in [5.74, 6) is 0.227. The number of fused-ring (bicyclic) bond motifs is 3. The van der Waals surface area contributed by atoms with Gasteiger partial charge in [0.2, 0.25) is 0 Å². The highest BCUT2D eigenvalue weighted by Gasteiger charge is 2.18. The predicted octanol–water partition coefficient (Wildman–Crippen LogP) is 1.93. The molecule has 5 rings (SSSR count). The predicted molar refractivity (Wildman–Crippen MR) is 98.9 cm³/mol. The van der Waals surface area contributed by atoms with Gasteiger partial charge < -0.3 is 0 Å². The van der Waals surface area contributed by atoms with Gasteiger partial charge >= 0.3 is 5.69 Å². The maximum Gasteiger partial charge on any atom is 0.349 e. The van der Waals surface area contributed by atoms with Gasteiger partial charge in [0.25, 0.3) is 5.56 Å². The lowest BCUT2D eigenvalue weighted by Gasteiger charge is -2.17. The van der Waals surface area contributed by atoms with Gasteiger partial charge in [0.1, 0.15) is 0 Å². The molecule has 128 valence electrons. The van der Waals surface area contributed by atoms with Crippen molar-refractivity contribution < 1.29 is 0 Å². The van der Waals surface area contributed by atoms with E-state index < -0.39 is 11.2 Å². The summed E-state index contributed by atoms with van der Waals surface area (Å²) in [6.45, 7) is 0. The van der Waals surface area contributed by atoms with Crippen LogP contribution in [0, 0.1) is 11.3 Å². The van der Waals surface area contributed by atoms with Crippen LogP contribution in [0.4, 0.5) is 0 Å². The van der Waals surface area contributed by atoms with Gasteiger partial charge in [0.05, 0.1) is 34.4 Å². The first kappa shape index (κ1) is 15.0. The first-order valence-corrected chi connectivity index (χ1v) is 8.07. The molecule has 0 radical (unpaired) electrons. The van der Waals surface area contributed by atoms with E-state index in [4.69, 9.17) is 0 Å². The van der Waals surface area contributed by atoms with Crippen LogP contribution in [0.15, 0.2) is 58.3 Å². The molecule has 8 heteroatoms. The number of nitrogens with one attached hydrogen (secondary N) is 2. The number of rotatable bonds is 1. The molecule has 0 spiro atoms. The maximum atomic E-state index is 12.3. The summed E-state index contributed by atoms with van der Waals surface area (Å²) in [5, 5.41) is 17.9. The number of aromatic amines is 2. The van der Waals surface area contributed by atoms with E-state index >= 15 is 0 Å². The first-order chi connectivity index (χ1) is 13.1. The molecule has 0 saturated heterocycles. The quantitative estimate of drug-likeness (QED) is 0.446. The molecule has 0 unspecified atom stereocenters. The topological polar surface area (TPSA) is 120 Å². The van der Waals surface area contributed by atoms with Crippen LogP contribution in [-0.2, 0) is 0 Å². The van der Waals surface area contributed by atoms with Gasteiger partial charge in [-0.3, -0.25) is 19.4 Å². The first-order valence-electron chi connectivity index (χ1n) is 8.07. The number of hydrogen-bond acceptors (Lipinski definition) is 5. The fraction of sp³-hybridized carbons (Fsp3) is 0. The zero-order chi connectivity index (χ0) is 18.5. The molecule has 3 aromatic rings. The monoisotopic (exact) mass is 354 g/mol. The lowest BCUT2D eigenvalue weighted by Crippen LogP contribution is -2.27. The molecule has 0 bridgehead atoms. The number of hydrogen-bond donors (Lipinski definition) is 2. The molecule has 0 atom stereocenters. The lowest BCUT2D eigenvalue weighted by molar-refractivity contribution is 0.960. The Morgan fingerprint density at radius 1 is 1.04 bits per heavy atom. The van der Waals surface area contributed by atoms with Gasteiger partial charge in [-0.05, 0) is 41.8 Å². The van der Waals surface area contributed by atoms with Crippen LogP contribution in [0.5, 0.6) is 0 Å². The van der Waals surface area contributed by atoms with Crippen molar-refractivity contribution in [1.29, 1.82) is 5.26 Å². The summed E-state index contributed by atoms with van der Waals surface area (Å²) in [4.78, 5) is 30.4. The second-order valence-electron chi connectivity index (χ2n) is 6.12. The number of aromatic nitrogens is 5. The number of nitrogens with zero attached hydrogens (tertiary/aromatic N) is 4. The molecule has 3 heterocycles. The van der Waals surface area contributed by atoms with E-state index in [0.717, 1.165) is 16.3 Å². The van der Waals surface area contributed by atoms with Crippen molar-refractivity contribution in [2.24, 2.45) is 0 Å². The highest BCUT2D eigenvalue weighted by atomic mass is 16.2. The highest BCUT2D eigenvalue weighted by molar-refractivity contribution is 5.89. The van der Waals surface area contributed by atoms with E-state index in [-0.39, 0.29) is 11.4 Å². The van der Waals surface area contributed by atoms with Crippen molar-refractivity contribution in [3.8, 4) is 23.1 Å². The Morgan fingerprint density at radius 3 is 2.74 bits per heavy atom. The van der Waals surface area contributed by atoms with Crippen LogP contribution in [0.3, 0.4) is 0 Å². The molecule has 2 aliphatic heterocycles. The van der Waals surface area contributed by atoms with E-state index in [2.05, 4.69) is 26.2 Å². The fourth-order valence-electron chi connectivity index (χ4n) is 3.27. The molecule has 2 N–H and O–H groups in total. The average molecular weight is 354 g/mol. The van der Waals surface area contributed by atoms with Crippen molar-refractivity contribution in [1.82, 2.24) is 24.7 Å². The summed E-state index contributed by atoms with van der Waals surface area (Å²) in [6, 6.07) is 14.5. The van der Waals surface area contributed by atoms with E-state index in [0.29, 0.717) is 16.8 Å². The molecule has 2 aliphatic rings. The van der Waals surface area contributed by atoms with Crippen molar-refractivity contribution in [2.45, 2.75) is 0 Å². The Balaban J connectivity index is 2.01. The van der Waals surface area contributed by atoms with Crippen molar-refractivity contribution in [2.75, 3.05) is 0 Å². The zero-order valence-corrected chi connectivity index (χ0v) is 13.7. The van der Waals surface area contributed by atoms with Gasteiger partial charge in [-0.25, -0.2) is 4.79 Å². The molecule has 0 aliphatic carbocycles. The van der Waals surface area contributed by atoms with Crippen LogP contribution in [-0.4, -0.2) is 24.7 Å². The Bertz CT molecular complexity index is 1480. The standard InChI is InChI=1S/C19H10N6O2/c20-8-10-1-2-11-6-14-17(22-19(27)23-18(14)26)25(16(11)5-10)13-4-3-12-9-21-24-15(12)7-13/h1-7,9H,(H,21,24)(H,23,26,27). The zero-order valence-electron chi connectivity index (χ0n) is 13.7. The van der Waals surface area contributed by atoms with Gasteiger partial charge in [0.15, 0.2) is 5.82 Å². The summed E-state index contributed by atoms with van der Waals surface area (Å²) in [6.07, 6.45) is 1.71. The minimum atomic E-state index is -0.723. The number of pyridine rings is 1. The van der Waals surface area contributed by atoms with Crippen LogP contribution >= 0.6 is 0 Å². The molecule has 1 aromatic heterocycles. The van der Waals surface area contributed by atoms with E-state index in [9.17, 15) is 14.9 Å². The van der Waals surface area contributed by atoms with E-state index in [1.807, 2.05) is 18.2 Å². The Morgan fingerprint density at radius 2 is 1.89 bits per heavy atom. The van der Waals surface area contributed by atoms with Crippen LogP contribution in [0.25, 0.3) is 38.9 Å². The van der Waals surface area contributed by atoms with Crippen molar-refractivity contribution in [3.05, 3.63) is 75.1 Å². The normalized spacial score (nSPS) is 11.2. The summed E-state index contributed by atoms with van der Waals surface area (Å²) in [5.41, 5.74) is 1.68. The SMILES string of the molecule is N#Cc1ccc2cc3c(=O)[nH]c(=O)nc-3n(-c3ccc4cn[nH]c4c3)c2c1. The Hall–Kier alpha value is -4.25. The Labute approximate surface area is 150 Å². The summed E-state index contributed by atoms with van der Waals surface area (Å²) < 4.78 is 1.71. The maximum absolute atomic E-state index is 12.3. The Kier molecular flexibility index (Phi) is 2.99. The summed E-state index contributed by atoms with van der Waals surface area (Å²) >= 11 is 0. The lowest BCUT2D eigenvalue weighted by atomic mass is 10.1. The molecule has 0 saturated carbocycles. The third-order valence-electron chi connectivity index (χ3n) is 4.51. The van der Waals surface area contributed by atoms with Gasteiger partial charge in [-0.2, -0.15) is 15.3 Å². The van der Waals surface area contributed by atoms with E-state index in [1.165, 1.54) is 0 Å². The largest absolute Gasteiger partial charge is 0.349 e. The second kappa shape index (κ2) is 5.37. The minimum Gasteiger partial charge on any atom is -0.293 e. The number of nitriles is 1. The minimum absolute atomic E-state index is 0.227. The molecular formula is C19H10N6O2. The van der Waals surface area contributed by atoms with Gasteiger partial charge in [-0.1, -0.05) is 6.07 Å². The molecule has 8 nitrogen and oxygen atoms in total. The number of H-pyrrole nitrogens is 2. The van der Waals surface area contributed by atoms with Crippen molar-refractivity contribution >= 4 is 21.8 Å². The fourth-order valence-corrected chi connectivity index (χ4v) is 3.27. The highest BCUT2D eigenvalue weighted by Crippen LogP contribution is 2.29. The smallest absolute Gasteiger partial charge is 0.293 e. The molecule has 2 aromatic carbocycles. The van der Waals surface area contributed by atoms with Crippen molar-refractivity contribution in [3.63, 3.8) is 0 Å². The van der Waals surface area contributed by atoms with Gasteiger partial charge in [-0.15, -0.1) is 0 Å².